The summed E-state index contributed by atoms with van der Waals surface area (Å²) in [5, 5.41) is 12.0. The Kier molecular flexibility index (Phi) is 3.94. The van der Waals surface area contributed by atoms with Gasteiger partial charge in [0.25, 0.3) is 0 Å². The minimum atomic E-state index is -2.65. The Bertz CT molecular complexity index is 484. The molecule has 1 aromatic rings. The molecule has 1 aliphatic carbocycles. The molecule has 0 atom stereocenters. The average Bonchev–Trinajstić information content (AvgIpc) is 2.32. The number of hydrogen-bond acceptors (Lipinski definition) is 2. The smallest absolute Gasteiger partial charge is 0.248 e. The van der Waals surface area contributed by atoms with Gasteiger partial charge in [0.15, 0.2) is 0 Å². The number of carbonyl (C=O) groups excluding carboxylic acids is 1. The fourth-order valence-corrected chi connectivity index (χ4v) is 2.36. The number of alkyl halides is 2. The molecule has 104 valence electrons. The lowest BCUT2D eigenvalue weighted by atomic mass is 9.86. The highest BCUT2D eigenvalue weighted by Crippen LogP contribution is 2.37. The number of amides is 1. The number of halogens is 3. The first-order chi connectivity index (χ1) is 8.87. The maximum Gasteiger partial charge on any atom is 0.248 e. The molecule has 0 spiro atoms. The molecule has 0 aromatic heterocycles. The maximum absolute atomic E-state index is 13.0. The Labute approximate surface area is 114 Å². The molecule has 1 saturated carbocycles. The number of aromatic hydroxyl groups is 1. The predicted octanol–water partition coefficient (Wildman–Crippen LogP) is 3.81. The summed E-state index contributed by atoms with van der Waals surface area (Å²) in [5.74, 6) is -3.36. The van der Waals surface area contributed by atoms with E-state index in [1.54, 1.807) is 0 Å². The van der Waals surface area contributed by atoms with E-state index < -0.39 is 11.8 Å². The molecule has 0 aliphatic heterocycles. The van der Waals surface area contributed by atoms with Crippen molar-refractivity contribution in [2.75, 3.05) is 5.32 Å². The van der Waals surface area contributed by atoms with Crippen molar-refractivity contribution in [1.29, 1.82) is 0 Å². The Morgan fingerprint density at radius 3 is 2.58 bits per heavy atom. The molecule has 1 aromatic carbocycles. The van der Waals surface area contributed by atoms with Gasteiger partial charge in [-0.15, -0.1) is 0 Å². The van der Waals surface area contributed by atoms with Crippen LogP contribution in [0.4, 0.5) is 14.5 Å². The van der Waals surface area contributed by atoms with Gasteiger partial charge in [0.2, 0.25) is 11.8 Å². The minimum absolute atomic E-state index is 0.000285. The molecule has 1 amide bonds. The van der Waals surface area contributed by atoms with Crippen LogP contribution in [0, 0.1) is 5.92 Å². The second-order valence-electron chi connectivity index (χ2n) is 4.78. The second kappa shape index (κ2) is 5.33. The Balaban J connectivity index is 1.98. The summed E-state index contributed by atoms with van der Waals surface area (Å²) in [5.41, 5.74) is 0.377. The fraction of sp³-hybridized carbons (Fsp3) is 0.462. The summed E-state index contributed by atoms with van der Waals surface area (Å²) in [7, 11) is 0. The number of phenols is 1. The third-order valence-electron chi connectivity index (χ3n) is 3.30. The third-order valence-corrected chi connectivity index (χ3v) is 3.61. The van der Waals surface area contributed by atoms with Crippen molar-refractivity contribution < 1.29 is 18.7 Å². The van der Waals surface area contributed by atoms with Gasteiger partial charge < -0.3 is 10.4 Å². The summed E-state index contributed by atoms with van der Waals surface area (Å²) in [6.07, 6.45) is -0.161. The molecule has 0 bridgehead atoms. The quantitative estimate of drug-likeness (QED) is 0.813. The Morgan fingerprint density at radius 1 is 1.37 bits per heavy atom. The van der Waals surface area contributed by atoms with Gasteiger partial charge in [-0.25, -0.2) is 8.78 Å². The zero-order valence-electron chi connectivity index (χ0n) is 10.1. The van der Waals surface area contributed by atoms with Crippen LogP contribution in [0.15, 0.2) is 18.2 Å². The van der Waals surface area contributed by atoms with Crippen LogP contribution in [0.25, 0.3) is 0 Å². The van der Waals surface area contributed by atoms with E-state index in [0.29, 0.717) is 5.69 Å². The number of benzene rings is 1. The van der Waals surface area contributed by atoms with Gasteiger partial charge in [0, 0.05) is 24.8 Å². The number of nitrogens with one attached hydrogen (secondary N) is 1. The monoisotopic (exact) mass is 289 g/mol. The van der Waals surface area contributed by atoms with Gasteiger partial charge in [-0.05, 0) is 25.0 Å². The highest BCUT2D eigenvalue weighted by molar-refractivity contribution is 6.33. The summed E-state index contributed by atoms with van der Waals surface area (Å²) >= 11 is 5.86. The molecule has 0 saturated heterocycles. The number of rotatable bonds is 2. The second-order valence-corrected chi connectivity index (χ2v) is 5.19. The van der Waals surface area contributed by atoms with Crippen molar-refractivity contribution in [2.24, 2.45) is 5.92 Å². The van der Waals surface area contributed by atoms with Gasteiger partial charge in [-0.3, -0.25) is 4.79 Å². The first kappa shape index (κ1) is 14.1. The minimum Gasteiger partial charge on any atom is -0.508 e. The van der Waals surface area contributed by atoms with Crippen LogP contribution < -0.4 is 5.32 Å². The summed E-state index contributed by atoms with van der Waals surface area (Å²) < 4.78 is 26.0. The molecule has 1 fully saturated rings. The third kappa shape index (κ3) is 3.56. The van der Waals surface area contributed by atoms with E-state index in [9.17, 15) is 18.7 Å². The molecule has 1 aliphatic rings. The van der Waals surface area contributed by atoms with E-state index in [1.807, 2.05) is 0 Å². The van der Waals surface area contributed by atoms with Crippen LogP contribution in [0.3, 0.4) is 0 Å². The number of carbonyl (C=O) groups is 1. The first-order valence-corrected chi connectivity index (χ1v) is 6.42. The van der Waals surface area contributed by atoms with Crippen LogP contribution in [-0.2, 0) is 4.79 Å². The maximum atomic E-state index is 13.0. The zero-order chi connectivity index (χ0) is 14.0. The van der Waals surface area contributed by atoms with E-state index in [1.165, 1.54) is 18.2 Å². The van der Waals surface area contributed by atoms with Crippen molar-refractivity contribution in [2.45, 2.75) is 31.6 Å². The molecule has 19 heavy (non-hydrogen) atoms. The largest absolute Gasteiger partial charge is 0.508 e. The highest BCUT2D eigenvalue weighted by Gasteiger charge is 2.37. The van der Waals surface area contributed by atoms with Crippen LogP contribution in [0.1, 0.15) is 25.7 Å². The van der Waals surface area contributed by atoms with Crippen LogP contribution in [0.2, 0.25) is 5.02 Å². The van der Waals surface area contributed by atoms with Crippen LogP contribution >= 0.6 is 11.6 Å². The Hall–Kier alpha value is -1.36. The lowest BCUT2D eigenvalue weighted by Crippen LogP contribution is -2.31. The van der Waals surface area contributed by atoms with Gasteiger partial charge in [0.05, 0.1) is 10.7 Å². The van der Waals surface area contributed by atoms with Gasteiger partial charge in [-0.1, -0.05) is 11.6 Å². The van der Waals surface area contributed by atoms with Crippen molar-refractivity contribution in [3.63, 3.8) is 0 Å². The SMILES string of the molecule is O=C(Nc1ccc(O)cc1Cl)C1CCC(F)(F)CC1. The molecule has 2 N–H and O–H groups in total. The van der Waals surface area contributed by atoms with Gasteiger partial charge in [-0.2, -0.15) is 0 Å². The Morgan fingerprint density at radius 2 is 2.00 bits per heavy atom. The van der Waals surface area contributed by atoms with Crippen LogP contribution in [-0.4, -0.2) is 16.9 Å². The molecule has 0 unspecified atom stereocenters. The topological polar surface area (TPSA) is 49.3 Å². The number of anilines is 1. The standard InChI is InChI=1S/C13H14ClF2NO2/c14-10-7-9(18)1-2-11(10)17-12(19)8-3-5-13(15,16)6-4-8/h1-2,7-8,18H,3-6H2,(H,17,19). The predicted molar refractivity (Wildman–Crippen MR) is 68.7 cm³/mol. The highest BCUT2D eigenvalue weighted by atomic mass is 35.5. The lowest BCUT2D eigenvalue weighted by Gasteiger charge is -2.27. The van der Waals surface area contributed by atoms with E-state index in [0.717, 1.165) is 0 Å². The van der Waals surface area contributed by atoms with E-state index in [2.05, 4.69) is 5.32 Å². The van der Waals surface area contributed by atoms with E-state index >= 15 is 0 Å². The van der Waals surface area contributed by atoms with Crippen molar-refractivity contribution in [1.82, 2.24) is 0 Å². The average molecular weight is 290 g/mol. The normalized spacial score (nSPS) is 19.1. The van der Waals surface area contributed by atoms with Gasteiger partial charge >= 0.3 is 0 Å². The molecular formula is C13H14ClF2NO2. The molecule has 0 radical (unpaired) electrons. The molecular weight excluding hydrogens is 276 g/mol. The summed E-state index contributed by atoms with van der Waals surface area (Å²) in [6, 6.07) is 4.19. The van der Waals surface area contributed by atoms with Crippen molar-refractivity contribution in [3.05, 3.63) is 23.2 Å². The van der Waals surface area contributed by atoms with E-state index in [4.69, 9.17) is 11.6 Å². The fourth-order valence-electron chi connectivity index (χ4n) is 2.14. The first-order valence-electron chi connectivity index (χ1n) is 6.04. The zero-order valence-corrected chi connectivity index (χ0v) is 10.9. The van der Waals surface area contributed by atoms with Crippen molar-refractivity contribution in [3.8, 4) is 5.75 Å². The molecule has 0 heterocycles. The molecule has 2 rings (SSSR count). The van der Waals surface area contributed by atoms with E-state index in [-0.39, 0.29) is 42.4 Å². The van der Waals surface area contributed by atoms with Gasteiger partial charge in [0.1, 0.15) is 5.75 Å². The molecule has 6 heteroatoms. The van der Waals surface area contributed by atoms with Crippen molar-refractivity contribution >= 4 is 23.2 Å². The van der Waals surface area contributed by atoms with Crippen LogP contribution in [0.5, 0.6) is 5.75 Å². The number of hydrogen-bond donors (Lipinski definition) is 2. The summed E-state index contributed by atoms with van der Waals surface area (Å²) in [4.78, 5) is 11.9. The number of phenolic OH excluding ortho intramolecular Hbond substituents is 1. The molecule has 3 nitrogen and oxygen atoms in total. The summed E-state index contributed by atoms with van der Waals surface area (Å²) in [6.45, 7) is 0. The lowest BCUT2D eigenvalue weighted by molar-refractivity contribution is -0.124.